The molecule has 0 aromatic carbocycles. The van der Waals surface area contributed by atoms with Crippen LogP contribution in [0.25, 0.3) is 0 Å². The summed E-state index contributed by atoms with van der Waals surface area (Å²) in [6.07, 6.45) is 1.48. The fraction of sp³-hybridized carbons (Fsp3) is 0.875. The monoisotopic (exact) mass is 297 g/mol. The van der Waals surface area contributed by atoms with Gasteiger partial charge in [-0.15, -0.1) is 0 Å². The molecule has 5 heteroatoms. The van der Waals surface area contributed by atoms with Crippen LogP contribution in [-0.2, 0) is 9.59 Å². The standard InChI is InChI=1S/C16H31N3O2/c1-11(2)15(21)19-8-6-13(7-9-19)14(20)18-16(5,10-17)12(3)4/h11-13H,6-10,17H2,1-5H3,(H,18,20). The first kappa shape index (κ1) is 18.0. The lowest BCUT2D eigenvalue weighted by Crippen LogP contribution is -2.57. The summed E-state index contributed by atoms with van der Waals surface area (Å²) < 4.78 is 0. The number of rotatable bonds is 5. The molecule has 0 aromatic heterocycles. The predicted octanol–water partition coefficient (Wildman–Crippen LogP) is 1.37. The van der Waals surface area contributed by atoms with E-state index >= 15 is 0 Å². The first-order valence-electron chi connectivity index (χ1n) is 8.02. The number of nitrogens with zero attached hydrogens (tertiary/aromatic N) is 1. The van der Waals surface area contributed by atoms with Crippen molar-refractivity contribution in [2.45, 2.75) is 53.0 Å². The third-order valence-electron chi connectivity index (χ3n) is 4.78. The normalized spacial score (nSPS) is 19.7. The molecule has 0 saturated carbocycles. The van der Waals surface area contributed by atoms with Gasteiger partial charge in [0.05, 0.1) is 5.54 Å². The van der Waals surface area contributed by atoms with Crippen LogP contribution in [0.1, 0.15) is 47.5 Å². The van der Waals surface area contributed by atoms with E-state index in [1.807, 2.05) is 25.7 Å². The van der Waals surface area contributed by atoms with E-state index in [4.69, 9.17) is 5.73 Å². The first-order chi connectivity index (χ1) is 9.71. The zero-order valence-corrected chi connectivity index (χ0v) is 14.1. The number of nitrogens with two attached hydrogens (primary N) is 1. The molecule has 0 bridgehead atoms. The van der Waals surface area contributed by atoms with E-state index in [1.165, 1.54) is 0 Å². The Morgan fingerprint density at radius 1 is 1.24 bits per heavy atom. The third-order valence-corrected chi connectivity index (χ3v) is 4.78. The Labute approximate surface area is 128 Å². The highest BCUT2D eigenvalue weighted by Crippen LogP contribution is 2.22. The Balaban J connectivity index is 2.54. The molecule has 1 unspecified atom stereocenters. The molecule has 0 aromatic rings. The molecule has 122 valence electrons. The Hall–Kier alpha value is -1.10. The van der Waals surface area contributed by atoms with E-state index in [2.05, 4.69) is 19.2 Å². The van der Waals surface area contributed by atoms with Crippen LogP contribution in [0.15, 0.2) is 0 Å². The second-order valence-electron chi connectivity index (χ2n) is 7.02. The second kappa shape index (κ2) is 7.25. The largest absolute Gasteiger partial charge is 0.349 e. The van der Waals surface area contributed by atoms with Crippen molar-refractivity contribution in [2.75, 3.05) is 19.6 Å². The molecule has 1 aliphatic heterocycles. The van der Waals surface area contributed by atoms with Gasteiger partial charge in [0.1, 0.15) is 0 Å². The van der Waals surface area contributed by atoms with E-state index in [-0.39, 0.29) is 35.1 Å². The van der Waals surface area contributed by atoms with Gasteiger partial charge in [-0.2, -0.15) is 0 Å². The molecule has 1 atom stereocenters. The minimum Gasteiger partial charge on any atom is -0.349 e. The molecule has 0 spiro atoms. The summed E-state index contributed by atoms with van der Waals surface area (Å²) in [5, 5.41) is 3.11. The van der Waals surface area contributed by atoms with Crippen molar-refractivity contribution in [2.24, 2.45) is 23.5 Å². The van der Waals surface area contributed by atoms with Crippen LogP contribution < -0.4 is 11.1 Å². The highest BCUT2D eigenvalue weighted by molar-refractivity contribution is 5.81. The zero-order valence-electron chi connectivity index (χ0n) is 14.1. The average Bonchev–Trinajstić information content (AvgIpc) is 2.46. The summed E-state index contributed by atoms with van der Waals surface area (Å²) in [6, 6.07) is 0. The van der Waals surface area contributed by atoms with Gasteiger partial charge in [0, 0.05) is 31.5 Å². The molecular weight excluding hydrogens is 266 g/mol. The molecule has 21 heavy (non-hydrogen) atoms. The Bertz CT molecular complexity index is 374. The highest BCUT2D eigenvalue weighted by Gasteiger charge is 2.33. The van der Waals surface area contributed by atoms with Crippen molar-refractivity contribution in [3.8, 4) is 0 Å². The number of nitrogens with one attached hydrogen (secondary N) is 1. The molecule has 0 aliphatic carbocycles. The SMILES string of the molecule is CC(C)C(=O)N1CCC(C(=O)NC(C)(CN)C(C)C)CC1. The van der Waals surface area contributed by atoms with Crippen molar-refractivity contribution >= 4 is 11.8 Å². The maximum Gasteiger partial charge on any atom is 0.225 e. The van der Waals surface area contributed by atoms with Crippen LogP contribution in [0.3, 0.4) is 0 Å². The summed E-state index contributed by atoms with van der Waals surface area (Å²) in [5.41, 5.74) is 5.45. The third kappa shape index (κ3) is 4.43. The van der Waals surface area contributed by atoms with Crippen LogP contribution in [0.4, 0.5) is 0 Å². The van der Waals surface area contributed by atoms with E-state index in [9.17, 15) is 9.59 Å². The summed E-state index contributed by atoms with van der Waals surface area (Å²) >= 11 is 0. The van der Waals surface area contributed by atoms with E-state index < -0.39 is 0 Å². The molecular formula is C16H31N3O2. The topological polar surface area (TPSA) is 75.4 Å². The summed E-state index contributed by atoms with van der Waals surface area (Å²) in [7, 11) is 0. The first-order valence-corrected chi connectivity index (χ1v) is 8.02. The summed E-state index contributed by atoms with van der Waals surface area (Å²) in [5.74, 6) is 0.563. The minimum atomic E-state index is -0.359. The lowest BCUT2D eigenvalue weighted by Gasteiger charge is -2.37. The molecule has 0 radical (unpaired) electrons. The Morgan fingerprint density at radius 3 is 2.14 bits per heavy atom. The Morgan fingerprint density at radius 2 is 1.76 bits per heavy atom. The van der Waals surface area contributed by atoms with Crippen LogP contribution in [0.5, 0.6) is 0 Å². The van der Waals surface area contributed by atoms with Crippen LogP contribution in [-0.4, -0.2) is 41.9 Å². The number of carbonyl (C=O) groups is 2. The van der Waals surface area contributed by atoms with E-state index in [0.717, 1.165) is 12.8 Å². The van der Waals surface area contributed by atoms with Gasteiger partial charge in [-0.1, -0.05) is 27.7 Å². The summed E-state index contributed by atoms with van der Waals surface area (Å²) in [6.45, 7) is 11.7. The van der Waals surface area contributed by atoms with Gasteiger partial charge in [0.15, 0.2) is 0 Å². The number of piperidine rings is 1. The Kier molecular flexibility index (Phi) is 6.20. The van der Waals surface area contributed by atoms with E-state index in [1.54, 1.807) is 0 Å². The van der Waals surface area contributed by atoms with Crippen molar-refractivity contribution in [3.05, 3.63) is 0 Å². The number of hydrogen-bond acceptors (Lipinski definition) is 3. The predicted molar refractivity (Wildman–Crippen MR) is 84.6 cm³/mol. The van der Waals surface area contributed by atoms with E-state index in [0.29, 0.717) is 19.6 Å². The molecule has 2 amide bonds. The smallest absolute Gasteiger partial charge is 0.225 e. The average molecular weight is 297 g/mol. The van der Waals surface area contributed by atoms with Crippen LogP contribution in [0.2, 0.25) is 0 Å². The lowest BCUT2D eigenvalue weighted by atomic mass is 9.86. The molecule has 1 aliphatic rings. The van der Waals surface area contributed by atoms with Gasteiger partial charge in [-0.25, -0.2) is 0 Å². The van der Waals surface area contributed by atoms with Gasteiger partial charge in [0.25, 0.3) is 0 Å². The van der Waals surface area contributed by atoms with Crippen LogP contribution >= 0.6 is 0 Å². The zero-order chi connectivity index (χ0) is 16.2. The molecule has 3 N–H and O–H groups in total. The van der Waals surface area contributed by atoms with Gasteiger partial charge in [-0.05, 0) is 25.7 Å². The van der Waals surface area contributed by atoms with Gasteiger partial charge in [0.2, 0.25) is 11.8 Å². The highest BCUT2D eigenvalue weighted by atomic mass is 16.2. The molecule has 1 heterocycles. The van der Waals surface area contributed by atoms with Crippen molar-refractivity contribution < 1.29 is 9.59 Å². The van der Waals surface area contributed by atoms with Gasteiger partial charge in [-0.3, -0.25) is 9.59 Å². The van der Waals surface area contributed by atoms with Crippen molar-refractivity contribution in [1.29, 1.82) is 0 Å². The number of amides is 2. The number of carbonyl (C=O) groups excluding carboxylic acids is 2. The minimum absolute atomic E-state index is 0.00848. The van der Waals surface area contributed by atoms with Gasteiger partial charge >= 0.3 is 0 Å². The maximum atomic E-state index is 12.4. The molecule has 1 fully saturated rings. The number of hydrogen-bond donors (Lipinski definition) is 2. The molecule has 1 saturated heterocycles. The lowest BCUT2D eigenvalue weighted by molar-refractivity contribution is -0.138. The second-order valence-corrected chi connectivity index (χ2v) is 7.02. The number of likely N-dealkylation sites (tertiary alicyclic amines) is 1. The van der Waals surface area contributed by atoms with Crippen LogP contribution in [0, 0.1) is 17.8 Å². The van der Waals surface area contributed by atoms with Crippen molar-refractivity contribution in [1.82, 2.24) is 10.2 Å². The maximum absolute atomic E-state index is 12.4. The van der Waals surface area contributed by atoms with Gasteiger partial charge < -0.3 is 16.0 Å². The summed E-state index contributed by atoms with van der Waals surface area (Å²) in [4.78, 5) is 26.2. The fourth-order valence-electron chi connectivity index (χ4n) is 2.54. The van der Waals surface area contributed by atoms with Crippen molar-refractivity contribution in [3.63, 3.8) is 0 Å². The molecule has 1 rings (SSSR count). The quantitative estimate of drug-likeness (QED) is 0.805. The molecule has 5 nitrogen and oxygen atoms in total. The fourth-order valence-corrected chi connectivity index (χ4v) is 2.54.